The van der Waals surface area contributed by atoms with Crippen LogP contribution < -0.4 is 5.32 Å². The van der Waals surface area contributed by atoms with Gasteiger partial charge in [-0.1, -0.05) is 13.8 Å². The SMILES string of the molecule is CC(=O)C(NC(C)C)C(CC(=O)O)CC(=O)O. The molecular formula is C11H19NO5. The molecule has 0 spiro atoms. The number of carboxylic acid groups (broad SMARTS) is 2. The van der Waals surface area contributed by atoms with E-state index in [0.717, 1.165) is 0 Å². The van der Waals surface area contributed by atoms with Crippen LogP contribution in [0.5, 0.6) is 0 Å². The lowest BCUT2D eigenvalue weighted by Crippen LogP contribution is -2.46. The molecule has 0 rings (SSSR count). The highest BCUT2D eigenvalue weighted by atomic mass is 16.4. The van der Waals surface area contributed by atoms with Crippen LogP contribution in [0.2, 0.25) is 0 Å². The lowest BCUT2D eigenvalue weighted by atomic mass is 9.89. The summed E-state index contributed by atoms with van der Waals surface area (Å²) < 4.78 is 0. The summed E-state index contributed by atoms with van der Waals surface area (Å²) >= 11 is 0. The van der Waals surface area contributed by atoms with Crippen molar-refractivity contribution in [2.75, 3.05) is 0 Å². The number of hydrogen-bond donors (Lipinski definition) is 3. The third kappa shape index (κ3) is 6.68. The summed E-state index contributed by atoms with van der Waals surface area (Å²) in [4.78, 5) is 32.8. The van der Waals surface area contributed by atoms with E-state index >= 15 is 0 Å². The van der Waals surface area contributed by atoms with Crippen molar-refractivity contribution in [1.29, 1.82) is 0 Å². The number of nitrogens with one attached hydrogen (secondary N) is 1. The van der Waals surface area contributed by atoms with E-state index in [4.69, 9.17) is 10.2 Å². The van der Waals surface area contributed by atoms with Crippen molar-refractivity contribution in [2.45, 2.75) is 45.7 Å². The Balaban J connectivity index is 4.84. The van der Waals surface area contributed by atoms with Gasteiger partial charge in [-0.05, 0) is 6.92 Å². The zero-order valence-electron chi connectivity index (χ0n) is 10.3. The number of aliphatic carboxylic acids is 2. The van der Waals surface area contributed by atoms with E-state index in [1.165, 1.54) is 6.92 Å². The van der Waals surface area contributed by atoms with Gasteiger partial charge in [-0.2, -0.15) is 0 Å². The molecule has 0 amide bonds. The third-order valence-corrected chi connectivity index (χ3v) is 2.30. The van der Waals surface area contributed by atoms with Crippen LogP contribution in [-0.2, 0) is 14.4 Å². The van der Waals surface area contributed by atoms with Crippen molar-refractivity contribution in [3.05, 3.63) is 0 Å². The van der Waals surface area contributed by atoms with Gasteiger partial charge in [0.05, 0.1) is 18.9 Å². The molecule has 0 saturated carbocycles. The van der Waals surface area contributed by atoms with Gasteiger partial charge < -0.3 is 15.5 Å². The average molecular weight is 245 g/mol. The number of ketones is 1. The van der Waals surface area contributed by atoms with Crippen LogP contribution in [0.25, 0.3) is 0 Å². The largest absolute Gasteiger partial charge is 0.481 e. The zero-order chi connectivity index (χ0) is 13.6. The lowest BCUT2D eigenvalue weighted by molar-refractivity contribution is -0.141. The van der Waals surface area contributed by atoms with Gasteiger partial charge in [0.25, 0.3) is 0 Å². The minimum Gasteiger partial charge on any atom is -0.481 e. The van der Waals surface area contributed by atoms with Gasteiger partial charge in [0, 0.05) is 12.0 Å². The Morgan fingerprint density at radius 3 is 1.71 bits per heavy atom. The molecule has 0 heterocycles. The molecule has 0 bridgehead atoms. The number of carbonyl (C=O) groups is 3. The van der Waals surface area contributed by atoms with Crippen molar-refractivity contribution in [3.63, 3.8) is 0 Å². The summed E-state index contributed by atoms with van der Waals surface area (Å²) in [5.74, 6) is -3.18. The van der Waals surface area contributed by atoms with Gasteiger partial charge in [-0.15, -0.1) is 0 Å². The Morgan fingerprint density at radius 2 is 1.47 bits per heavy atom. The second-order valence-corrected chi connectivity index (χ2v) is 4.37. The number of carbonyl (C=O) groups excluding carboxylic acids is 1. The second kappa shape index (κ2) is 7.01. The van der Waals surface area contributed by atoms with E-state index in [-0.39, 0.29) is 24.7 Å². The molecule has 6 heteroatoms. The number of rotatable bonds is 8. The molecule has 98 valence electrons. The second-order valence-electron chi connectivity index (χ2n) is 4.37. The molecule has 0 radical (unpaired) electrons. The quantitative estimate of drug-likeness (QED) is 0.575. The van der Waals surface area contributed by atoms with E-state index < -0.39 is 23.9 Å². The Morgan fingerprint density at radius 1 is 1.06 bits per heavy atom. The number of carboxylic acids is 2. The van der Waals surface area contributed by atoms with Gasteiger partial charge in [0.2, 0.25) is 0 Å². The normalized spacial score (nSPS) is 12.8. The Bertz CT molecular complexity index is 284. The molecular weight excluding hydrogens is 226 g/mol. The van der Waals surface area contributed by atoms with Gasteiger partial charge in [-0.25, -0.2) is 0 Å². The first-order chi connectivity index (χ1) is 7.73. The smallest absolute Gasteiger partial charge is 0.303 e. The maximum atomic E-state index is 11.4. The molecule has 0 fully saturated rings. The topological polar surface area (TPSA) is 104 Å². The molecule has 6 nitrogen and oxygen atoms in total. The monoisotopic (exact) mass is 245 g/mol. The highest BCUT2D eigenvalue weighted by Gasteiger charge is 2.29. The van der Waals surface area contributed by atoms with Crippen LogP contribution in [0.15, 0.2) is 0 Å². The molecule has 0 aliphatic carbocycles. The van der Waals surface area contributed by atoms with Crippen LogP contribution in [0, 0.1) is 5.92 Å². The predicted molar refractivity (Wildman–Crippen MR) is 60.7 cm³/mol. The first kappa shape index (κ1) is 15.6. The Labute approximate surface area is 100 Å². The van der Waals surface area contributed by atoms with Crippen LogP contribution in [0.1, 0.15) is 33.6 Å². The summed E-state index contributed by atoms with van der Waals surface area (Å²) in [7, 11) is 0. The standard InChI is InChI=1S/C11H19NO5/c1-6(2)12-11(7(3)13)8(4-9(14)15)5-10(16)17/h6,8,11-12H,4-5H2,1-3H3,(H,14,15)(H,16,17). The molecule has 0 aliphatic heterocycles. The first-order valence-electron chi connectivity index (χ1n) is 5.44. The number of Topliss-reactive ketones (excluding diaryl/α,β-unsaturated/α-hetero) is 1. The summed E-state index contributed by atoms with van der Waals surface area (Å²) in [6.07, 6.45) is -0.674. The van der Waals surface area contributed by atoms with Crippen molar-refractivity contribution in [1.82, 2.24) is 5.32 Å². The summed E-state index contributed by atoms with van der Waals surface area (Å²) in [6, 6.07) is -0.754. The van der Waals surface area contributed by atoms with Crippen LogP contribution in [0.4, 0.5) is 0 Å². The molecule has 0 saturated heterocycles. The van der Waals surface area contributed by atoms with E-state index in [1.807, 2.05) is 13.8 Å². The minimum atomic E-state index is -1.10. The lowest BCUT2D eigenvalue weighted by Gasteiger charge is -2.25. The molecule has 1 unspecified atom stereocenters. The van der Waals surface area contributed by atoms with Crippen molar-refractivity contribution < 1.29 is 24.6 Å². The number of hydrogen-bond acceptors (Lipinski definition) is 4. The maximum absolute atomic E-state index is 11.4. The predicted octanol–water partition coefficient (Wildman–Crippen LogP) is 0.508. The van der Waals surface area contributed by atoms with E-state index in [2.05, 4.69) is 5.32 Å². The average Bonchev–Trinajstić information content (AvgIpc) is 2.10. The van der Waals surface area contributed by atoms with Gasteiger partial charge in [0.15, 0.2) is 0 Å². The fourth-order valence-corrected chi connectivity index (χ4v) is 1.70. The van der Waals surface area contributed by atoms with Gasteiger partial charge >= 0.3 is 11.9 Å². The molecule has 0 aromatic heterocycles. The summed E-state index contributed by atoms with van der Waals surface area (Å²) in [6.45, 7) is 4.96. The van der Waals surface area contributed by atoms with E-state index in [0.29, 0.717) is 0 Å². The first-order valence-corrected chi connectivity index (χ1v) is 5.44. The summed E-state index contributed by atoms with van der Waals surface area (Å²) in [5, 5.41) is 20.4. The van der Waals surface area contributed by atoms with Crippen molar-refractivity contribution >= 4 is 17.7 Å². The Kier molecular flexibility index (Phi) is 6.42. The highest BCUT2D eigenvalue weighted by Crippen LogP contribution is 2.16. The fourth-order valence-electron chi connectivity index (χ4n) is 1.70. The molecule has 0 aromatic rings. The molecule has 0 aromatic carbocycles. The van der Waals surface area contributed by atoms with Crippen LogP contribution >= 0.6 is 0 Å². The Hall–Kier alpha value is -1.43. The molecule has 17 heavy (non-hydrogen) atoms. The van der Waals surface area contributed by atoms with Crippen molar-refractivity contribution in [2.24, 2.45) is 5.92 Å². The summed E-state index contributed by atoms with van der Waals surface area (Å²) in [5.41, 5.74) is 0. The van der Waals surface area contributed by atoms with Crippen LogP contribution in [-0.4, -0.2) is 40.0 Å². The molecule has 3 N–H and O–H groups in total. The fraction of sp³-hybridized carbons (Fsp3) is 0.727. The molecule has 0 aliphatic rings. The van der Waals surface area contributed by atoms with E-state index in [9.17, 15) is 14.4 Å². The van der Waals surface area contributed by atoms with Gasteiger partial charge in [0.1, 0.15) is 5.78 Å². The zero-order valence-corrected chi connectivity index (χ0v) is 10.3. The minimum absolute atomic E-state index is 0.0195. The maximum Gasteiger partial charge on any atom is 0.303 e. The van der Waals surface area contributed by atoms with E-state index in [1.54, 1.807) is 0 Å². The van der Waals surface area contributed by atoms with Crippen molar-refractivity contribution in [3.8, 4) is 0 Å². The third-order valence-electron chi connectivity index (χ3n) is 2.30. The van der Waals surface area contributed by atoms with Gasteiger partial charge in [-0.3, -0.25) is 14.4 Å². The highest BCUT2D eigenvalue weighted by molar-refractivity contribution is 5.83. The van der Waals surface area contributed by atoms with Crippen LogP contribution in [0.3, 0.4) is 0 Å². The molecule has 1 atom stereocenters.